The van der Waals surface area contributed by atoms with E-state index in [0.717, 1.165) is 57.1 Å². The lowest BCUT2D eigenvalue weighted by Crippen LogP contribution is -2.45. The van der Waals surface area contributed by atoms with Crippen LogP contribution in [0.15, 0.2) is 22.7 Å². The van der Waals surface area contributed by atoms with Gasteiger partial charge in [0.2, 0.25) is 0 Å². The molecule has 1 aliphatic rings. The molecule has 1 fully saturated rings. The minimum absolute atomic E-state index is 0.0562. The van der Waals surface area contributed by atoms with Gasteiger partial charge in [-0.1, -0.05) is 35.7 Å². The normalized spacial score (nSPS) is 18.4. The van der Waals surface area contributed by atoms with Gasteiger partial charge in [-0.3, -0.25) is 4.90 Å². The first-order chi connectivity index (χ1) is 10.4. The Labute approximate surface area is 138 Å². The molecule has 1 heterocycles. The van der Waals surface area contributed by atoms with Crippen LogP contribution in [0.4, 0.5) is 13.2 Å². The monoisotopic (exact) mass is 378 g/mol. The van der Waals surface area contributed by atoms with Gasteiger partial charge in [0, 0.05) is 36.7 Å². The third kappa shape index (κ3) is 4.70. The summed E-state index contributed by atoms with van der Waals surface area (Å²) in [6.45, 7) is 5.65. The van der Waals surface area contributed by atoms with Gasteiger partial charge in [-0.05, 0) is 30.2 Å². The van der Waals surface area contributed by atoms with Crippen molar-refractivity contribution in [1.82, 2.24) is 10.2 Å². The van der Waals surface area contributed by atoms with Crippen LogP contribution in [0.3, 0.4) is 0 Å². The van der Waals surface area contributed by atoms with Crippen LogP contribution in [0.2, 0.25) is 0 Å². The van der Waals surface area contributed by atoms with E-state index < -0.39 is 11.7 Å². The number of rotatable bonds is 5. The Morgan fingerprint density at radius 2 is 1.91 bits per heavy atom. The summed E-state index contributed by atoms with van der Waals surface area (Å²) in [5, 5.41) is 3.29. The van der Waals surface area contributed by atoms with Crippen molar-refractivity contribution in [2.45, 2.75) is 38.4 Å². The molecule has 1 N–H and O–H groups in total. The van der Waals surface area contributed by atoms with Gasteiger partial charge in [-0.15, -0.1) is 0 Å². The lowest BCUT2D eigenvalue weighted by atomic mass is 9.97. The van der Waals surface area contributed by atoms with Gasteiger partial charge in [0.1, 0.15) is 0 Å². The molecule has 0 amide bonds. The number of piperazine rings is 1. The van der Waals surface area contributed by atoms with Gasteiger partial charge in [-0.2, -0.15) is 13.2 Å². The Hall–Kier alpha value is -0.590. The predicted molar refractivity (Wildman–Crippen MR) is 85.9 cm³/mol. The molecule has 1 aromatic carbocycles. The summed E-state index contributed by atoms with van der Waals surface area (Å²) in [5.41, 5.74) is 0.186. The summed E-state index contributed by atoms with van der Waals surface area (Å²) in [4.78, 5) is 2.30. The van der Waals surface area contributed by atoms with Crippen LogP contribution in [0, 0.1) is 0 Å². The van der Waals surface area contributed by atoms with Crippen LogP contribution in [-0.4, -0.2) is 31.1 Å². The lowest BCUT2D eigenvalue weighted by Gasteiger charge is -2.35. The predicted octanol–water partition coefficient (Wildman–Crippen LogP) is 4.60. The van der Waals surface area contributed by atoms with E-state index in [0.29, 0.717) is 4.47 Å². The van der Waals surface area contributed by atoms with Crippen LogP contribution >= 0.6 is 15.9 Å². The number of unbranched alkanes of at least 4 members (excludes halogenated alkanes) is 1. The average Bonchev–Trinajstić information content (AvgIpc) is 2.47. The fourth-order valence-corrected chi connectivity index (χ4v) is 3.43. The largest absolute Gasteiger partial charge is 0.416 e. The SMILES string of the molecule is CCCC[C@@H](c1cc(Br)cc(C(F)(F)F)c1)N1CCNCC1. The topological polar surface area (TPSA) is 15.3 Å². The number of nitrogens with zero attached hydrogens (tertiary/aromatic N) is 1. The number of hydrogen-bond donors (Lipinski definition) is 1. The van der Waals surface area contributed by atoms with Gasteiger partial charge < -0.3 is 5.32 Å². The first kappa shape index (κ1) is 17.8. The second-order valence-electron chi connectivity index (χ2n) is 5.71. The molecule has 6 heteroatoms. The van der Waals surface area contributed by atoms with Crippen LogP contribution < -0.4 is 5.32 Å². The standard InChI is InChI=1S/C16H22BrF3N2/c1-2-3-4-15(22-7-5-21-6-8-22)12-9-13(16(18,19)20)11-14(17)10-12/h9-11,15,21H,2-8H2,1H3/t15-/m0/s1. The van der Waals surface area contributed by atoms with E-state index in [2.05, 4.69) is 33.1 Å². The van der Waals surface area contributed by atoms with Gasteiger partial charge in [0.25, 0.3) is 0 Å². The minimum atomic E-state index is -4.31. The highest BCUT2D eigenvalue weighted by Crippen LogP contribution is 2.36. The van der Waals surface area contributed by atoms with Crippen molar-refractivity contribution < 1.29 is 13.2 Å². The molecule has 0 saturated carbocycles. The quantitative estimate of drug-likeness (QED) is 0.804. The first-order valence-electron chi connectivity index (χ1n) is 7.74. The van der Waals surface area contributed by atoms with Crippen molar-refractivity contribution in [3.8, 4) is 0 Å². The maximum atomic E-state index is 13.1. The molecule has 22 heavy (non-hydrogen) atoms. The molecule has 124 valence electrons. The summed E-state index contributed by atoms with van der Waals surface area (Å²) in [6, 6.07) is 4.35. The molecule has 1 atom stereocenters. The molecule has 1 aliphatic heterocycles. The Morgan fingerprint density at radius 1 is 1.23 bits per heavy atom. The highest BCUT2D eigenvalue weighted by Gasteiger charge is 2.32. The molecule has 2 nitrogen and oxygen atoms in total. The van der Waals surface area contributed by atoms with Crippen LogP contribution in [0.5, 0.6) is 0 Å². The van der Waals surface area contributed by atoms with E-state index in [1.54, 1.807) is 0 Å². The third-order valence-electron chi connectivity index (χ3n) is 4.06. The Bertz CT molecular complexity index is 485. The maximum absolute atomic E-state index is 13.1. The maximum Gasteiger partial charge on any atom is 0.416 e. The number of alkyl halides is 3. The van der Waals surface area contributed by atoms with E-state index in [4.69, 9.17) is 0 Å². The molecule has 0 bridgehead atoms. The molecule has 0 aromatic heterocycles. The zero-order valence-corrected chi connectivity index (χ0v) is 14.3. The molecular weight excluding hydrogens is 357 g/mol. The van der Waals surface area contributed by atoms with Crippen LogP contribution in [0.25, 0.3) is 0 Å². The molecular formula is C16H22BrF3N2. The lowest BCUT2D eigenvalue weighted by molar-refractivity contribution is -0.137. The number of hydrogen-bond acceptors (Lipinski definition) is 2. The molecule has 1 aromatic rings. The zero-order valence-electron chi connectivity index (χ0n) is 12.7. The average molecular weight is 379 g/mol. The van der Waals surface area contributed by atoms with E-state index in [-0.39, 0.29) is 6.04 Å². The number of nitrogens with one attached hydrogen (secondary N) is 1. The van der Waals surface area contributed by atoms with E-state index in [1.807, 2.05) is 6.07 Å². The van der Waals surface area contributed by atoms with Gasteiger partial charge in [0.15, 0.2) is 0 Å². The van der Waals surface area contributed by atoms with Gasteiger partial charge in [0.05, 0.1) is 5.56 Å². The molecule has 0 radical (unpaired) electrons. The van der Waals surface area contributed by atoms with Crippen molar-refractivity contribution in [1.29, 1.82) is 0 Å². The summed E-state index contributed by atoms with van der Waals surface area (Å²) in [7, 11) is 0. The fraction of sp³-hybridized carbons (Fsp3) is 0.625. The second-order valence-corrected chi connectivity index (χ2v) is 6.63. The molecule has 0 aliphatic carbocycles. The minimum Gasteiger partial charge on any atom is -0.314 e. The zero-order chi connectivity index (χ0) is 16.2. The van der Waals surface area contributed by atoms with Crippen LogP contribution in [-0.2, 0) is 6.18 Å². The van der Waals surface area contributed by atoms with Crippen molar-refractivity contribution in [2.24, 2.45) is 0 Å². The molecule has 1 saturated heterocycles. The third-order valence-corrected chi connectivity index (χ3v) is 4.51. The Kier molecular flexibility index (Phi) is 6.29. The molecule has 0 unspecified atom stereocenters. The summed E-state index contributed by atoms with van der Waals surface area (Å²) in [6.07, 6.45) is -1.35. The van der Waals surface area contributed by atoms with Crippen molar-refractivity contribution >= 4 is 15.9 Å². The van der Waals surface area contributed by atoms with Crippen molar-refractivity contribution in [2.75, 3.05) is 26.2 Å². The van der Waals surface area contributed by atoms with Gasteiger partial charge in [-0.25, -0.2) is 0 Å². The van der Waals surface area contributed by atoms with Crippen LogP contribution in [0.1, 0.15) is 43.4 Å². The molecule has 0 spiro atoms. The highest BCUT2D eigenvalue weighted by atomic mass is 79.9. The number of halogens is 4. The highest BCUT2D eigenvalue weighted by molar-refractivity contribution is 9.10. The number of benzene rings is 1. The summed E-state index contributed by atoms with van der Waals surface area (Å²) >= 11 is 3.24. The Balaban J connectivity index is 2.31. The first-order valence-corrected chi connectivity index (χ1v) is 8.53. The summed E-state index contributed by atoms with van der Waals surface area (Å²) in [5.74, 6) is 0. The molecule has 2 rings (SSSR count). The fourth-order valence-electron chi connectivity index (χ4n) is 2.92. The second kappa shape index (κ2) is 7.79. The smallest absolute Gasteiger partial charge is 0.314 e. The van der Waals surface area contributed by atoms with Gasteiger partial charge >= 0.3 is 6.18 Å². The van der Waals surface area contributed by atoms with E-state index in [9.17, 15) is 13.2 Å². The Morgan fingerprint density at radius 3 is 2.50 bits per heavy atom. The van der Waals surface area contributed by atoms with Crippen molar-refractivity contribution in [3.63, 3.8) is 0 Å². The van der Waals surface area contributed by atoms with E-state index in [1.165, 1.54) is 6.07 Å². The summed E-state index contributed by atoms with van der Waals surface area (Å²) < 4.78 is 39.7. The van der Waals surface area contributed by atoms with Crippen molar-refractivity contribution in [3.05, 3.63) is 33.8 Å². The van der Waals surface area contributed by atoms with E-state index >= 15 is 0 Å².